The molecular formula is C13H13NO4. The minimum absolute atomic E-state index is 0.163. The van der Waals surface area contributed by atoms with Gasteiger partial charge in [0.2, 0.25) is 0 Å². The molecule has 0 heterocycles. The predicted molar refractivity (Wildman–Crippen MR) is 66.9 cm³/mol. The van der Waals surface area contributed by atoms with Gasteiger partial charge in [0.05, 0.1) is 5.56 Å². The fourth-order valence-electron chi connectivity index (χ4n) is 1.58. The van der Waals surface area contributed by atoms with E-state index in [1.807, 2.05) is 0 Å². The Kier molecular flexibility index (Phi) is 3.14. The highest BCUT2D eigenvalue weighted by Gasteiger charge is 2.09. The van der Waals surface area contributed by atoms with Crippen LogP contribution in [0.3, 0.4) is 0 Å². The van der Waals surface area contributed by atoms with Crippen LogP contribution in [0.5, 0.6) is 23.0 Å². The van der Waals surface area contributed by atoms with E-state index in [-0.39, 0.29) is 29.5 Å². The molecule has 2 aromatic rings. The highest BCUT2D eigenvalue weighted by molar-refractivity contribution is 5.52. The second kappa shape index (κ2) is 4.75. The van der Waals surface area contributed by atoms with Crippen LogP contribution in [0.15, 0.2) is 36.4 Å². The largest absolute Gasteiger partial charge is 0.508 e. The van der Waals surface area contributed by atoms with Crippen LogP contribution in [0.4, 0.5) is 5.69 Å². The summed E-state index contributed by atoms with van der Waals surface area (Å²) < 4.78 is 0. The van der Waals surface area contributed by atoms with E-state index >= 15 is 0 Å². The van der Waals surface area contributed by atoms with Crippen LogP contribution in [-0.2, 0) is 6.54 Å². The molecule has 0 aliphatic rings. The molecule has 0 unspecified atom stereocenters. The van der Waals surface area contributed by atoms with E-state index in [9.17, 15) is 10.2 Å². The van der Waals surface area contributed by atoms with Gasteiger partial charge in [-0.2, -0.15) is 0 Å². The Hall–Kier alpha value is -2.56. The molecule has 2 rings (SSSR count). The minimum Gasteiger partial charge on any atom is -0.508 e. The van der Waals surface area contributed by atoms with Gasteiger partial charge in [-0.15, -0.1) is 0 Å². The molecule has 0 fully saturated rings. The van der Waals surface area contributed by atoms with Crippen molar-refractivity contribution in [1.82, 2.24) is 0 Å². The lowest BCUT2D eigenvalue weighted by Crippen LogP contribution is -1.99. The van der Waals surface area contributed by atoms with Gasteiger partial charge in [0, 0.05) is 24.4 Å². The van der Waals surface area contributed by atoms with E-state index in [0.29, 0.717) is 5.56 Å². The molecule has 0 aliphatic carbocycles. The van der Waals surface area contributed by atoms with Gasteiger partial charge >= 0.3 is 0 Å². The summed E-state index contributed by atoms with van der Waals surface area (Å²) in [6, 6.07) is 8.71. The molecule has 0 saturated carbocycles. The van der Waals surface area contributed by atoms with E-state index in [1.54, 1.807) is 12.1 Å². The van der Waals surface area contributed by atoms with Gasteiger partial charge in [0.25, 0.3) is 0 Å². The summed E-state index contributed by atoms with van der Waals surface area (Å²) in [4.78, 5) is 0. The van der Waals surface area contributed by atoms with Gasteiger partial charge in [-0.25, -0.2) is 0 Å². The maximum atomic E-state index is 9.59. The number of nitrogens with one attached hydrogen (secondary N) is 1. The predicted octanol–water partition coefficient (Wildman–Crippen LogP) is 2.12. The average Bonchev–Trinajstić information content (AvgIpc) is 2.30. The Balaban J connectivity index is 2.13. The standard InChI is InChI=1S/C13H13NO4/c15-9-3-1-8(2-4-9)14-7-11-12(17)5-10(16)6-13(11)18/h1-6,14-18H,7H2. The average molecular weight is 247 g/mol. The number of phenols is 4. The second-order valence-electron chi connectivity index (χ2n) is 3.86. The van der Waals surface area contributed by atoms with Crippen molar-refractivity contribution in [3.63, 3.8) is 0 Å². The van der Waals surface area contributed by atoms with Crippen LogP contribution in [0, 0.1) is 0 Å². The van der Waals surface area contributed by atoms with Gasteiger partial charge in [-0.1, -0.05) is 0 Å². The Morgan fingerprint density at radius 3 is 1.89 bits per heavy atom. The molecule has 0 bridgehead atoms. The van der Waals surface area contributed by atoms with Gasteiger partial charge in [-0.3, -0.25) is 0 Å². The maximum absolute atomic E-state index is 9.59. The number of anilines is 1. The molecule has 0 spiro atoms. The topological polar surface area (TPSA) is 93.0 Å². The summed E-state index contributed by atoms with van der Waals surface area (Å²) in [6.45, 7) is 0.197. The minimum atomic E-state index is -0.196. The molecule has 5 N–H and O–H groups in total. The molecule has 94 valence electrons. The first-order valence-electron chi connectivity index (χ1n) is 5.33. The van der Waals surface area contributed by atoms with Crippen LogP contribution in [-0.4, -0.2) is 20.4 Å². The van der Waals surface area contributed by atoms with Crippen molar-refractivity contribution in [2.75, 3.05) is 5.32 Å². The van der Waals surface area contributed by atoms with Gasteiger partial charge in [-0.05, 0) is 24.3 Å². The molecule has 0 radical (unpaired) electrons. The van der Waals surface area contributed by atoms with Crippen LogP contribution in [0.25, 0.3) is 0 Å². The Bertz CT molecular complexity index is 528. The molecule has 5 heteroatoms. The number of phenolic OH excluding ortho intramolecular Hbond substituents is 4. The highest BCUT2D eigenvalue weighted by atomic mass is 16.3. The quantitative estimate of drug-likeness (QED) is 0.536. The van der Waals surface area contributed by atoms with Crippen LogP contribution < -0.4 is 5.32 Å². The van der Waals surface area contributed by atoms with E-state index in [4.69, 9.17) is 10.2 Å². The normalized spacial score (nSPS) is 10.2. The van der Waals surface area contributed by atoms with Crippen molar-refractivity contribution in [3.05, 3.63) is 42.0 Å². The summed E-state index contributed by atoms with van der Waals surface area (Å²) in [5, 5.41) is 40.5. The molecule has 0 aromatic heterocycles. The molecule has 0 atom stereocenters. The van der Waals surface area contributed by atoms with Crippen molar-refractivity contribution in [1.29, 1.82) is 0 Å². The first kappa shape index (κ1) is 11.9. The molecule has 2 aromatic carbocycles. The lowest BCUT2D eigenvalue weighted by atomic mass is 10.1. The second-order valence-corrected chi connectivity index (χ2v) is 3.86. The maximum Gasteiger partial charge on any atom is 0.127 e. The lowest BCUT2D eigenvalue weighted by molar-refractivity contribution is 0.420. The molecule has 0 saturated heterocycles. The summed E-state index contributed by atoms with van der Waals surface area (Å²) in [5.41, 5.74) is 1.03. The van der Waals surface area contributed by atoms with E-state index in [0.717, 1.165) is 17.8 Å². The number of benzene rings is 2. The molecule has 0 aliphatic heterocycles. The number of rotatable bonds is 3. The van der Waals surface area contributed by atoms with Gasteiger partial charge in [0.15, 0.2) is 0 Å². The van der Waals surface area contributed by atoms with Crippen molar-refractivity contribution in [2.45, 2.75) is 6.54 Å². The zero-order valence-corrected chi connectivity index (χ0v) is 9.46. The van der Waals surface area contributed by atoms with E-state index in [1.165, 1.54) is 12.1 Å². The van der Waals surface area contributed by atoms with Crippen molar-refractivity contribution in [2.24, 2.45) is 0 Å². The van der Waals surface area contributed by atoms with Crippen LogP contribution in [0.1, 0.15) is 5.56 Å². The zero-order chi connectivity index (χ0) is 13.1. The third-order valence-corrected chi connectivity index (χ3v) is 2.52. The molecule has 5 nitrogen and oxygen atoms in total. The third-order valence-electron chi connectivity index (χ3n) is 2.52. The monoisotopic (exact) mass is 247 g/mol. The first-order chi connectivity index (χ1) is 8.56. The Morgan fingerprint density at radius 1 is 0.778 bits per heavy atom. The summed E-state index contributed by atoms with van der Waals surface area (Å²) in [6.07, 6.45) is 0. The summed E-state index contributed by atoms with van der Waals surface area (Å²) in [7, 11) is 0. The number of hydrogen-bond acceptors (Lipinski definition) is 5. The third kappa shape index (κ3) is 2.57. The van der Waals surface area contributed by atoms with E-state index in [2.05, 4.69) is 5.32 Å². The smallest absolute Gasteiger partial charge is 0.127 e. The lowest BCUT2D eigenvalue weighted by Gasteiger charge is -2.10. The van der Waals surface area contributed by atoms with Crippen molar-refractivity contribution < 1.29 is 20.4 Å². The zero-order valence-electron chi connectivity index (χ0n) is 9.46. The Labute approximate surface area is 104 Å². The van der Waals surface area contributed by atoms with Crippen molar-refractivity contribution >= 4 is 5.69 Å². The highest BCUT2D eigenvalue weighted by Crippen LogP contribution is 2.32. The fourth-order valence-corrected chi connectivity index (χ4v) is 1.58. The summed E-state index contributed by atoms with van der Waals surface area (Å²) in [5.74, 6) is -0.396. The first-order valence-corrected chi connectivity index (χ1v) is 5.33. The SMILES string of the molecule is Oc1ccc(NCc2c(O)cc(O)cc2O)cc1. The fraction of sp³-hybridized carbons (Fsp3) is 0.0769. The van der Waals surface area contributed by atoms with Crippen LogP contribution >= 0.6 is 0 Å². The molecule has 0 amide bonds. The number of aromatic hydroxyl groups is 4. The Morgan fingerprint density at radius 2 is 1.33 bits per heavy atom. The molecule has 18 heavy (non-hydrogen) atoms. The van der Waals surface area contributed by atoms with Crippen LogP contribution in [0.2, 0.25) is 0 Å². The summed E-state index contributed by atoms with van der Waals surface area (Å²) >= 11 is 0. The number of hydrogen-bond donors (Lipinski definition) is 5. The molecular weight excluding hydrogens is 234 g/mol. The van der Waals surface area contributed by atoms with Gasteiger partial charge < -0.3 is 25.7 Å². The van der Waals surface area contributed by atoms with Crippen molar-refractivity contribution in [3.8, 4) is 23.0 Å². The van der Waals surface area contributed by atoms with Gasteiger partial charge in [0.1, 0.15) is 23.0 Å². The van der Waals surface area contributed by atoms with E-state index < -0.39 is 0 Å².